The normalized spacial score (nSPS) is 28.8. The highest BCUT2D eigenvalue weighted by Gasteiger charge is 2.31. The molecule has 0 spiro atoms. The van der Waals surface area contributed by atoms with Gasteiger partial charge in [0, 0.05) is 32.2 Å². The van der Waals surface area contributed by atoms with Crippen molar-refractivity contribution < 1.29 is 9.84 Å². The Kier molecular flexibility index (Phi) is 6.71. The standard InChI is InChI=1S/C15H31N3O2/c1-3-17(4-2)10-14(19)8-16-9-15-11-18-7-5-6-13(18)12-20-15/h13-16,19H,3-12H2,1-2H3. The van der Waals surface area contributed by atoms with Crippen LogP contribution in [0.3, 0.4) is 0 Å². The molecule has 0 saturated carbocycles. The van der Waals surface area contributed by atoms with Gasteiger partial charge >= 0.3 is 0 Å². The lowest BCUT2D eigenvalue weighted by atomic mass is 10.2. The summed E-state index contributed by atoms with van der Waals surface area (Å²) in [4.78, 5) is 4.81. The van der Waals surface area contributed by atoms with Gasteiger partial charge in [0.05, 0.1) is 18.8 Å². The van der Waals surface area contributed by atoms with Crippen LogP contribution in [0.4, 0.5) is 0 Å². The molecular formula is C15H31N3O2. The molecule has 118 valence electrons. The highest BCUT2D eigenvalue weighted by atomic mass is 16.5. The molecule has 2 fully saturated rings. The third-order valence-corrected chi connectivity index (χ3v) is 4.58. The first-order valence-electron chi connectivity index (χ1n) is 8.19. The van der Waals surface area contributed by atoms with Crippen molar-refractivity contribution in [1.29, 1.82) is 0 Å². The third-order valence-electron chi connectivity index (χ3n) is 4.58. The Bertz CT molecular complexity index is 274. The fourth-order valence-corrected chi connectivity index (χ4v) is 3.26. The van der Waals surface area contributed by atoms with E-state index in [0.717, 1.165) is 39.3 Å². The number of rotatable bonds is 8. The Labute approximate surface area is 123 Å². The zero-order valence-corrected chi connectivity index (χ0v) is 13.1. The van der Waals surface area contributed by atoms with Crippen molar-refractivity contribution in [2.75, 3.05) is 52.4 Å². The van der Waals surface area contributed by atoms with Crippen LogP contribution in [0.25, 0.3) is 0 Å². The molecule has 5 heteroatoms. The molecular weight excluding hydrogens is 254 g/mol. The lowest BCUT2D eigenvalue weighted by Gasteiger charge is -2.35. The Hall–Kier alpha value is -0.200. The molecule has 0 aromatic rings. The molecule has 2 aliphatic rings. The molecule has 0 aromatic heterocycles. The van der Waals surface area contributed by atoms with E-state index in [2.05, 4.69) is 29.0 Å². The van der Waals surface area contributed by atoms with Crippen molar-refractivity contribution >= 4 is 0 Å². The summed E-state index contributed by atoms with van der Waals surface area (Å²) >= 11 is 0. The molecule has 0 radical (unpaired) electrons. The van der Waals surface area contributed by atoms with Gasteiger partial charge in [-0.1, -0.05) is 13.8 Å². The van der Waals surface area contributed by atoms with Crippen molar-refractivity contribution in [3.63, 3.8) is 0 Å². The van der Waals surface area contributed by atoms with E-state index in [1.807, 2.05) is 0 Å². The molecule has 0 aliphatic carbocycles. The largest absolute Gasteiger partial charge is 0.390 e. The van der Waals surface area contributed by atoms with Gasteiger partial charge in [-0.15, -0.1) is 0 Å². The molecule has 2 aliphatic heterocycles. The van der Waals surface area contributed by atoms with Crippen LogP contribution >= 0.6 is 0 Å². The smallest absolute Gasteiger partial charge is 0.0827 e. The molecule has 0 bridgehead atoms. The Morgan fingerprint density at radius 3 is 2.95 bits per heavy atom. The van der Waals surface area contributed by atoms with Gasteiger partial charge in [-0.05, 0) is 32.5 Å². The predicted molar refractivity (Wildman–Crippen MR) is 81.0 cm³/mol. The van der Waals surface area contributed by atoms with Gasteiger partial charge in [0.2, 0.25) is 0 Å². The Morgan fingerprint density at radius 1 is 1.40 bits per heavy atom. The first kappa shape index (κ1) is 16.2. The SMILES string of the molecule is CCN(CC)CC(O)CNCC1CN2CCCC2CO1. The van der Waals surface area contributed by atoms with Crippen LogP contribution in [0, 0.1) is 0 Å². The summed E-state index contributed by atoms with van der Waals surface area (Å²) < 4.78 is 5.90. The van der Waals surface area contributed by atoms with E-state index in [0.29, 0.717) is 12.6 Å². The van der Waals surface area contributed by atoms with Crippen molar-refractivity contribution in [2.45, 2.75) is 44.9 Å². The minimum atomic E-state index is -0.293. The maximum absolute atomic E-state index is 10.0. The van der Waals surface area contributed by atoms with Crippen LogP contribution in [0.2, 0.25) is 0 Å². The number of nitrogens with zero attached hydrogens (tertiary/aromatic N) is 2. The van der Waals surface area contributed by atoms with E-state index < -0.39 is 0 Å². The molecule has 5 nitrogen and oxygen atoms in total. The van der Waals surface area contributed by atoms with Crippen molar-refractivity contribution in [1.82, 2.24) is 15.1 Å². The van der Waals surface area contributed by atoms with Crippen LogP contribution in [0.15, 0.2) is 0 Å². The lowest BCUT2D eigenvalue weighted by Crippen LogP contribution is -2.50. The number of hydrogen-bond donors (Lipinski definition) is 2. The summed E-state index contributed by atoms with van der Waals surface area (Å²) in [5.41, 5.74) is 0. The number of likely N-dealkylation sites (N-methyl/N-ethyl adjacent to an activating group) is 1. The van der Waals surface area contributed by atoms with Crippen LogP contribution in [-0.4, -0.2) is 85.6 Å². The van der Waals surface area contributed by atoms with E-state index >= 15 is 0 Å². The number of ether oxygens (including phenoxy) is 1. The van der Waals surface area contributed by atoms with Gasteiger partial charge in [-0.3, -0.25) is 4.90 Å². The van der Waals surface area contributed by atoms with E-state index in [4.69, 9.17) is 4.74 Å². The summed E-state index contributed by atoms with van der Waals surface area (Å²) in [5.74, 6) is 0. The van der Waals surface area contributed by atoms with Gasteiger partial charge in [0.25, 0.3) is 0 Å². The van der Waals surface area contributed by atoms with E-state index in [1.165, 1.54) is 19.4 Å². The van der Waals surface area contributed by atoms with E-state index in [1.54, 1.807) is 0 Å². The first-order valence-corrected chi connectivity index (χ1v) is 8.19. The second-order valence-electron chi connectivity index (χ2n) is 6.04. The lowest BCUT2D eigenvalue weighted by molar-refractivity contribution is -0.0478. The molecule has 2 N–H and O–H groups in total. The predicted octanol–water partition coefficient (Wildman–Crippen LogP) is 0.142. The fourth-order valence-electron chi connectivity index (χ4n) is 3.26. The topological polar surface area (TPSA) is 48.0 Å². The van der Waals surface area contributed by atoms with Crippen LogP contribution in [-0.2, 0) is 4.74 Å². The quantitative estimate of drug-likeness (QED) is 0.664. The number of aliphatic hydroxyl groups excluding tert-OH is 1. The summed E-state index contributed by atoms with van der Waals surface area (Å²) in [5, 5.41) is 13.4. The minimum absolute atomic E-state index is 0.282. The van der Waals surface area contributed by atoms with Gasteiger partial charge in [-0.25, -0.2) is 0 Å². The third kappa shape index (κ3) is 4.67. The zero-order chi connectivity index (χ0) is 14.4. The van der Waals surface area contributed by atoms with Gasteiger partial charge in [-0.2, -0.15) is 0 Å². The van der Waals surface area contributed by atoms with Gasteiger partial charge in [0.1, 0.15) is 0 Å². The van der Waals surface area contributed by atoms with E-state index in [9.17, 15) is 5.11 Å². The molecule has 2 heterocycles. The second-order valence-corrected chi connectivity index (χ2v) is 6.04. The molecule has 0 aromatic carbocycles. The van der Waals surface area contributed by atoms with Crippen LogP contribution < -0.4 is 5.32 Å². The van der Waals surface area contributed by atoms with Crippen LogP contribution in [0.1, 0.15) is 26.7 Å². The molecule has 2 saturated heterocycles. The maximum Gasteiger partial charge on any atom is 0.0827 e. The van der Waals surface area contributed by atoms with E-state index in [-0.39, 0.29) is 12.2 Å². The number of fused-ring (bicyclic) bond motifs is 1. The highest BCUT2D eigenvalue weighted by molar-refractivity contribution is 4.86. The van der Waals surface area contributed by atoms with Crippen molar-refractivity contribution in [3.8, 4) is 0 Å². The highest BCUT2D eigenvalue weighted by Crippen LogP contribution is 2.22. The molecule has 3 unspecified atom stereocenters. The first-order chi connectivity index (χ1) is 9.72. The molecule has 3 atom stereocenters. The fraction of sp³-hybridized carbons (Fsp3) is 1.00. The number of nitrogens with one attached hydrogen (secondary N) is 1. The average molecular weight is 285 g/mol. The zero-order valence-electron chi connectivity index (χ0n) is 13.1. The second kappa shape index (κ2) is 8.29. The minimum Gasteiger partial charge on any atom is -0.390 e. The Balaban J connectivity index is 1.58. The Morgan fingerprint density at radius 2 is 2.20 bits per heavy atom. The summed E-state index contributed by atoms with van der Waals surface area (Å²) in [6.07, 6.45) is 2.60. The number of aliphatic hydroxyl groups is 1. The molecule has 20 heavy (non-hydrogen) atoms. The summed E-state index contributed by atoms with van der Waals surface area (Å²) in [6.45, 7) is 11.7. The van der Waals surface area contributed by atoms with Crippen molar-refractivity contribution in [2.24, 2.45) is 0 Å². The monoisotopic (exact) mass is 285 g/mol. The number of hydrogen-bond acceptors (Lipinski definition) is 5. The van der Waals surface area contributed by atoms with Crippen LogP contribution in [0.5, 0.6) is 0 Å². The average Bonchev–Trinajstić information content (AvgIpc) is 2.92. The number of morpholine rings is 1. The van der Waals surface area contributed by atoms with Gasteiger partial charge in [0.15, 0.2) is 0 Å². The summed E-state index contributed by atoms with van der Waals surface area (Å²) in [6, 6.07) is 0.666. The maximum atomic E-state index is 10.0. The molecule has 2 rings (SSSR count). The van der Waals surface area contributed by atoms with Gasteiger partial charge < -0.3 is 20.1 Å². The summed E-state index contributed by atoms with van der Waals surface area (Å²) in [7, 11) is 0. The van der Waals surface area contributed by atoms with Crippen molar-refractivity contribution in [3.05, 3.63) is 0 Å². The molecule has 0 amide bonds.